The number of phenolic OH excluding ortho intramolecular Hbond substituents is 1. The predicted octanol–water partition coefficient (Wildman–Crippen LogP) is 5.49. The van der Waals surface area contributed by atoms with E-state index >= 15 is 0 Å². The van der Waals surface area contributed by atoms with E-state index in [2.05, 4.69) is 0 Å². The van der Waals surface area contributed by atoms with Gasteiger partial charge in [-0.05, 0) is 43.2 Å². The molecule has 4 heteroatoms. The Morgan fingerprint density at radius 2 is 1.50 bits per heavy atom. The maximum absolute atomic E-state index is 12.4. The van der Waals surface area contributed by atoms with Gasteiger partial charge < -0.3 is 14.6 Å². The van der Waals surface area contributed by atoms with E-state index in [9.17, 15) is 9.90 Å². The molecule has 0 amide bonds. The van der Waals surface area contributed by atoms with E-state index in [1.165, 1.54) is 0 Å². The zero-order valence-corrected chi connectivity index (χ0v) is 14.1. The second-order valence-electron chi connectivity index (χ2n) is 7.02. The van der Waals surface area contributed by atoms with Crippen LogP contribution in [0.4, 0.5) is 4.79 Å². The number of rotatable bonds is 2. The molecule has 26 heavy (non-hydrogen) atoms. The monoisotopic (exact) mass is 346 g/mol. The maximum atomic E-state index is 12.4. The molecular weight excluding hydrogens is 328 g/mol. The zero-order valence-electron chi connectivity index (χ0n) is 14.1. The number of hydrogen-bond donors (Lipinski definition) is 1. The first-order valence-corrected chi connectivity index (χ1v) is 8.94. The summed E-state index contributed by atoms with van der Waals surface area (Å²) in [7, 11) is 0. The largest absolute Gasteiger partial charge is 0.519 e. The van der Waals surface area contributed by atoms with E-state index in [0.717, 1.165) is 41.2 Å². The van der Waals surface area contributed by atoms with Crippen molar-refractivity contribution >= 4 is 16.9 Å². The van der Waals surface area contributed by atoms with Gasteiger partial charge in [-0.1, -0.05) is 42.5 Å². The van der Waals surface area contributed by atoms with E-state index in [1.54, 1.807) is 24.3 Å². The van der Waals surface area contributed by atoms with Crippen molar-refractivity contribution in [3.8, 4) is 17.2 Å². The Kier molecular flexibility index (Phi) is 3.38. The second kappa shape index (κ2) is 5.77. The third kappa shape index (κ3) is 2.25. The summed E-state index contributed by atoms with van der Waals surface area (Å²) < 4.78 is 11.0. The quantitative estimate of drug-likeness (QED) is 0.492. The maximum Gasteiger partial charge on any atom is 0.519 e. The molecule has 3 aromatic rings. The standard InChI is InChI=1S/C22H18O4/c23-20-16-8-4-5-9-17(16)21(19-14-11-10-13(12-14)18(19)20)26-22(24)25-15-6-2-1-3-7-15/h1-9,13-14,23H,10-12H2. The molecule has 2 bridgehead atoms. The van der Waals surface area contributed by atoms with E-state index in [0.29, 0.717) is 29.1 Å². The number of hydrogen-bond acceptors (Lipinski definition) is 4. The highest BCUT2D eigenvalue weighted by atomic mass is 16.7. The van der Waals surface area contributed by atoms with Crippen molar-refractivity contribution in [3.05, 3.63) is 65.7 Å². The van der Waals surface area contributed by atoms with Crippen LogP contribution in [0.1, 0.15) is 42.2 Å². The van der Waals surface area contributed by atoms with Gasteiger partial charge in [-0.25, -0.2) is 4.79 Å². The molecule has 0 spiro atoms. The van der Waals surface area contributed by atoms with Crippen LogP contribution in [0.25, 0.3) is 10.8 Å². The molecular formula is C22H18O4. The van der Waals surface area contributed by atoms with Crippen LogP contribution in [0.15, 0.2) is 54.6 Å². The van der Waals surface area contributed by atoms with E-state index in [4.69, 9.17) is 9.47 Å². The van der Waals surface area contributed by atoms with Crippen LogP contribution in [0.3, 0.4) is 0 Å². The fraction of sp³-hybridized carbons (Fsp3) is 0.227. The average molecular weight is 346 g/mol. The van der Waals surface area contributed by atoms with Crippen LogP contribution in [0.5, 0.6) is 17.2 Å². The Balaban J connectivity index is 1.60. The van der Waals surface area contributed by atoms with Crippen LogP contribution in [0, 0.1) is 0 Å². The van der Waals surface area contributed by atoms with E-state index in [1.807, 2.05) is 30.3 Å². The number of benzene rings is 3. The lowest BCUT2D eigenvalue weighted by Gasteiger charge is -2.22. The molecule has 2 aliphatic rings. The summed E-state index contributed by atoms with van der Waals surface area (Å²) in [4.78, 5) is 12.4. The van der Waals surface area contributed by atoms with Crippen molar-refractivity contribution in [2.75, 3.05) is 0 Å². The van der Waals surface area contributed by atoms with Crippen LogP contribution < -0.4 is 9.47 Å². The van der Waals surface area contributed by atoms with Crippen molar-refractivity contribution in [2.45, 2.75) is 31.1 Å². The number of ether oxygens (including phenoxy) is 2. The second-order valence-corrected chi connectivity index (χ2v) is 7.02. The first-order chi connectivity index (χ1) is 12.7. The van der Waals surface area contributed by atoms with Crippen molar-refractivity contribution in [2.24, 2.45) is 0 Å². The van der Waals surface area contributed by atoms with Crippen molar-refractivity contribution < 1.29 is 19.4 Å². The molecule has 0 radical (unpaired) electrons. The third-order valence-electron chi connectivity index (χ3n) is 5.60. The smallest absolute Gasteiger partial charge is 0.507 e. The Bertz CT molecular complexity index is 1010. The van der Waals surface area contributed by atoms with Gasteiger partial charge in [-0.2, -0.15) is 0 Å². The molecule has 2 unspecified atom stereocenters. The van der Waals surface area contributed by atoms with Crippen LogP contribution >= 0.6 is 0 Å². The zero-order chi connectivity index (χ0) is 17.7. The molecule has 1 fully saturated rings. The number of para-hydroxylation sites is 1. The molecule has 130 valence electrons. The normalized spacial score (nSPS) is 20.2. The minimum absolute atomic E-state index is 0.338. The summed E-state index contributed by atoms with van der Waals surface area (Å²) in [6.45, 7) is 0. The number of fused-ring (bicyclic) bond motifs is 6. The molecule has 0 heterocycles. The molecule has 1 N–H and O–H groups in total. The Hall–Kier alpha value is -3.01. The number of phenols is 1. The lowest BCUT2D eigenvalue weighted by atomic mass is 9.87. The summed E-state index contributed by atoms with van der Waals surface area (Å²) in [6, 6.07) is 16.4. The molecule has 2 atom stereocenters. The van der Waals surface area contributed by atoms with Gasteiger partial charge in [0.05, 0.1) is 0 Å². The Labute approximate surface area is 151 Å². The fourth-order valence-corrected chi connectivity index (χ4v) is 4.55. The van der Waals surface area contributed by atoms with Gasteiger partial charge in [0.25, 0.3) is 0 Å². The predicted molar refractivity (Wildman–Crippen MR) is 98.0 cm³/mol. The van der Waals surface area contributed by atoms with E-state index in [-0.39, 0.29) is 0 Å². The number of aromatic hydroxyl groups is 1. The molecule has 0 aliphatic heterocycles. The molecule has 2 aliphatic carbocycles. The van der Waals surface area contributed by atoms with Gasteiger partial charge in [-0.3, -0.25) is 0 Å². The molecule has 1 saturated carbocycles. The first kappa shape index (κ1) is 15.3. The SMILES string of the molecule is O=C(Oc1ccccc1)Oc1c2c(c(O)c3ccccc13)C1CCC2C1. The van der Waals surface area contributed by atoms with Gasteiger partial charge in [0.2, 0.25) is 0 Å². The molecule has 4 nitrogen and oxygen atoms in total. The highest BCUT2D eigenvalue weighted by molar-refractivity contribution is 5.98. The molecule has 0 aromatic heterocycles. The topological polar surface area (TPSA) is 55.8 Å². The number of carbonyl (C=O) groups excluding carboxylic acids is 1. The Morgan fingerprint density at radius 1 is 0.846 bits per heavy atom. The highest BCUT2D eigenvalue weighted by Crippen LogP contribution is 2.60. The van der Waals surface area contributed by atoms with Crippen molar-refractivity contribution in [3.63, 3.8) is 0 Å². The van der Waals surface area contributed by atoms with Gasteiger partial charge in [0.15, 0.2) is 0 Å². The molecule has 0 saturated heterocycles. The summed E-state index contributed by atoms with van der Waals surface area (Å²) >= 11 is 0. The third-order valence-corrected chi connectivity index (χ3v) is 5.60. The van der Waals surface area contributed by atoms with Gasteiger partial charge in [-0.15, -0.1) is 0 Å². The van der Waals surface area contributed by atoms with Crippen LogP contribution in [-0.2, 0) is 0 Å². The highest BCUT2D eigenvalue weighted by Gasteiger charge is 2.42. The summed E-state index contributed by atoms with van der Waals surface area (Å²) in [5, 5.41) is 12.3. The minimum atomic E-state index is -0.753. The molecule has 3 aromatic carbocycles. The van der Waals surface area contributed by atoms with Crippen molar-refractivity contribution in [1.82, 2.24) is 0 Å². The van der Waals surface area contributed by atoms with E-state index < -0.39 is 6.16 Å². The number of carbonyl (C=O) groups is 1. The first-order valence-electron chi connectivity index (χ1n) is 8.94. The van der Waals surface area contributed by atoms with Gasteiger partial charge in [0.1, 0.15) is 17.2 Å². The van der Waals surface area contributed by atoms with Crippen LogP contribution in [0.2, 0.25) is 0 Å². The summed E-state index contributed by atoms with van der Waals surface area (Å²) in [6.07, 6.45) is 2.41. The summed E-state index contributed by atoms with van der Waals surface area (Å²) in [5.41, 5.74) is 1.95. The molecule has 5 rings (SSSR count). The summed E-state index contributed by atoms with van der Waals surface area (Å²) in [5.74, 6) is 2.02. The lowest BCUT2D eigenvalue weighted by Crippen LogP contribution is -2.16. The minimum Gasteiger partial charge on any atom is -0.507 e. The fourth-order valence-electron chi connectivity index (χ4n) is 4.55. The Morgan fingerprint density at radius 3 is 2.27 bits per heavy atom. The van der Waals surface area contributed by atoms with Gasteiger partial charge in [0, 0.05) is 21.9 Å². The van der Waals surface area contributed by atoms with Crippen LogP contribution in [-0.4, -0.2) is 11.3 Å². The average Bonchev–Trinajstić information content (AvgIpc) is 3.28. The van der Waals surface area contributed by atoms with Crippen molar-refractivity contribution in [1.29, 1.82) is 0 Å². The van der Waals surface area contributed by atoms with Gasteiger partial charge >= 0.3 is 6.16 Å². The lowest BCUT2D eigenvalue weighted by molar-refractivity contribution is 0.152.